The summed E-state index contributed by atoms with van der Waals surface area (Å²) < 4.78 is 1.94. The van der Waals surface area contributed by atoms with Crippen LogP contribution in [-0.2, 0) is 6.54 Å². The second-order valence-electron chi connectivity index (χ2n) is 5.55. The van der Waals surface area contributed by atoms with Crippen molar-refractivity contribution >= 4 is 34.7 Å². The first-order valence-corrected chi connectivity index (χ1v) is 7.99. The molecule has 0 atom stereocenters. The van der Waals surface area contributed by atoms with Crippen LogP contribution in [0.2, 0.25) is 10.0 Å². The van der Waals surface area contributed by atoms with E-state index in [0.29, 0.717) is 22.5 Å². The standard InChI is InChI=1S/C16H14Cl2N4/c17-12-4-1-10(7-13(12)18)8-19-15-5-6-16-20-9-14(11-2-3-11)22(16)21-15/h1,4-7,9,11H,2-3,8H2,(H,19,21). The molecule has 0 saturated heterocycles. The van der Waals surface area contributed by atoms with Crippen LogP contribution >= 0.6 is 23.2 Å². The highest BCUT2D eigenvalue weighted by Gasteiger charge is 2.27. The number of aromatic nitrogens is 3. The molecule has 1 aliphatic rings. The first-order chi connectivity index (χ1) is 10.7. The molecule has 0 radical (unpaired) electrons. The zero-order valence-corrected chi connectivity index (χ0v) is 13.3. The molecule has 4 nitrogen and oxygen atoms in total. The Bertz CT molecular complexity index is 839. The van der Waals surface area contributed by atoms with Crippen LogP contribution in [0.5, 0.6) is 0 Å². The van der Waals surface area contributed by atoms with Gasteiger partial charge in [-0.1, -0.05) is 29.3 Å². The summed E-state index contributed by atoms with van der Waals surface area (Å²) in [7, 11) is 0. The summed E-state index contributed by atoms with van der Waals surface area (Å²) in [4.78, 5) is 4.40. The normalized spacial score (nSPS) is 14.5. The van der Waals surface area contributed by atoms with Crippen LogP contribution in [0, 0.1) is 0 Å². The molecular formula is C16H14Cl2N4. The average Bonchev–Trinajstić information content (AvgIpc) is 3.28. The van der Waals surface area contributed by atoms with Crippen molar-refractivity contribution in [3.05, 3.63) is 57.8 Å². The van der Waals surface area contributed by atoms with E-state index < -0.39 is 0 Å². The summed E-state index contributed by atoms with van der Waals surface area (Å²) in [5, 5.41) is 9.08. The lowest BCUT2D eigenvalue weighted by Gasteiger charge is -2.08. The van der Waals surface area contributed by atoms with Gasteiger partial charge in [0.25, 0.3) is 0 Å². The summed E-state index contributed by atoms with van der Waals surface area (Å²) in [6, 6.07) is 9.54. The van der Waals surface area contributed by atoms with Crippen LogP contribution in [-0.4, -0.2) is 14.6 Å². The number of nitrogens with one attached hydrogen (secondary N) is 1. The second kappa shape index (κ2) is 5.45. The van der Waals surface area contributed by atoms with Crippen LogP contribution in [0.1, 0.15) is 30.0 Å². The molecule has 0 spiro atoms. The van der Waals surface area contributed by atoms with Crippen LogP contribution in [0.4, 0.5) is 5.82 Å². The molecule has 1 fully saturated rings. The Hall–Kier alpha value is -1.78. The van der Waals surface area contributed by atoms with Gasteiger partial charge in [-0.25, -0.2) is 9.50 Å². The van der Waals surface area contributed by atoms with E-state index >= 15 is 0 Å². The maximum atomic E-state index is 6.03. The van der Waals surface area contributed by atoms with E-state index in [0.717, 1.165) is 17.0 Å². The molecule has 1 N–H and O–H groups in total. The fraction of sp³-hybridized carbons (Fsp3) is 0.250. The van der Waals surface area contributed by atoms with Gasteiger partial charge >= 0.3 is 0 Å². The fourth-order valence-electron chi connectivity index (χ4n) is 2.48. The summed E-state index contributed by atoms with van der Waals surface area (Å²) in [6.45, 7) is 0.642. The van der Waals surface area contributed by atoms with Gasteiger partial charge in [-0.2, -0.15) is 0 Å². The monoisotopic (exact) mass is 332 g/mol. The van der Waals surface area contributed by atoms with Gasteiger partial charge in [-0.3, -0.25) is 0 Å². The van der Waals surface area contributed by atoms with Crippen molar-refractivity contribution in [3.63, 3.8) is 0 Å². The van der Waals surface area contributed by atoms with E-state index in [2.05, 4.69) is 15.4 Å². The van der Waals surface area contributed by atoms with E-state index in [1.54, 1.807) is 6.07 Å². The molecule has 3 aromatic rings. The molecule has 0 amide bonds. The maximum Gasteiger partial charge on any atom is 0.153 e. The maximum absolute atomic E-state index is 6.03. The van der Waals surface area contributed by atoms with E-state index in [1.807, 2.05) is 35.0 Å². The first-order valence-electron chi connectivity index (χ1n) is 7.23. The molecule has 2 aromatic heterocycles. The third-order valence-electron chi connectivity index (χ3n) is 3.84. The number of nitrogens with zero attached hydrogens (tertiary/aromatic N) is 3. The zero-order valence-electron chi connectivity index (χ0n) is 11.8. The number of halogens is 2. The Morgan fingerprint density at radius 2 is 2.00 bits per heavy atom. The molecule has 0 aliphatic heterocycles. The van der Waals surface area contributed by atoms with Crippen molar-refractivity contribution in [1.29, 1.82) is 0 Å². The first kappa shape index (κ1) is 13.9. The Kier molecular flexibility index (Phi) is 3.43. The number of hydrogen-bond donors (Lipinski definition) is 1. The average molecular weight is 333 g/mol. The van der Waals surface area contributed by atoms with Crippen molar-refractivity contribution in [2.24, 2.45) is 0 Å². The smallest absolute Gasteiger partial charge is 0.153 e. The summed E-state index contributed by atoms with van der Waals surface area (Å²) >= 11 is 12.0. The zero-order chi connectivity index (χ0) is 15.1. The van der Waals surface area contributed by atoms with Gasteiger partial charge in [0.15, 0.2) is 5.65 Å². The largest absolute Gasteiger partial charge is 0.365 e. The molecule has 0 bridgehead atoms. The molecule has 6 heteroatoms. The molecule has 2 heterocycles. The van der Waals surface area contributed by atoms with Crippen LogP contribution in [0.15, 0.2) is 36.5 Å². The fourth-order valence-corrected chi connectivity index (χ4v) is 2.81. The summed E-state index contributed by atoms with van der Waals surface area (Å²) in [6.07, 6.45) is 4.40. The van der Waals surface area contributed by atoms with Gasteiger partial charge in [0.1, 0.15) is 5.82 Å². The third-order valence-corrected chi connectivity index (χ3v) is 4.58. The van der Waals surface area contributed by atoms with E-state index in [-0.39, 0.29) is 0 Å². The van der Waals surface area contributed by atoms with Gasteiger partial charge in [0.05, 0.1) is 21.9 Å². The lowest BCUT2D eigenvalue weighted by molar-refractivity contribution is 0.850. The van der Waals surface area contributed by atoms with Crippen molar-refractivity contribution in [2.45, 2.75) is 25.3 Å². The highest BCUT2D eigenvalue weighted by molar-refractivity contribution is 6.42. The highest BCUT2D eigenvalue weighted by Crippen LogP contribution is 2.39. The van der Waals surface area contributed by atoms with E-state index in [1.165, 1.54) is 18.5 Å². The molecule has 112 valence electrons. The van der Waals surface area contributed by atoms with Crippen LogP contribution in [0.3, 0.4) is 0 Å². The predicted molar refractivity (Wildman–Crippen MR) is 88.8 cm³/mol. The van der Waals surface area contributed by atoms with Crippen molar-refractivity contribution in [3.8, 4) is 0 Å². The molecule has 1 aliphatic carbocycles. The molecule has 0 unspecified atom stereocenters. The van der Waals surface area contributed by atoms with Crippen molar-refractivity contribution in [1.82, 2.24) is 14.6 Å². The Morgan fingerprint density at radius 3 is 2.77 bits per heavy atom. The summed E-state index contributed by atoms with van der Waals surface area (Å²) in [5.41, 5.74) is 3.15. The minimum atomic E-state index is 0.565. The predicted octanol–water partition coefficient (Wildman–Crippen LogP) is 4.53. The lowest BCUT2D eigenvalue weighted by atomic mass is 10.2. The van der Waals surface area contributed by atoms with Gasteiger partial charge in [-0.15, -0.1) is 5.10 Å². The van der Waals surface area contributed by atoms with Gasteiger partial charge in [0, 0.05) is 12.5 Å². The van der Waals surface area contributed by atoms with Gasteiger partial charge < -0.3 is 5.32 Å². The summed E-state index contributed by atoms with van der Waals surface area (Å²) in [5.74, 6) is 1.44. The number of rotatable bonds is 4. The SMILES string of the molecule is Clc1ccc(CNc2ccc3ncc(C4CC4)n3n2)cc1Cl. The minimum Gasteiger partial charge on any atom is -0.365 e. The number of hydrogen-bond acceptors (Lipinski definition) is 3. The Labute approximate surface area is 138 Å². The minimum absolute atomic E-state index is 0.565. The molecule has 1 aromatic carbocycles. The molecular weight excluding hydrogens is 319 g/mol. The van der Waals surface area contributed by atoms with Crippen LogP contribution < -0.4 is 5.32 Å². The topological polar surface area (TPSA) is 42.2 Å². The van der Waals surface area contributed by atoms with E-state index in [4.69, 9.17) is 23.2 Å². The third kappa shape index (κ3) is 2.64. The quantitative estimate of drug-likeness (QED) is 0.763. The number of fused-ring (bicyclic) bond motifs is 1. The van der Waals surface area contributed by atoms with Crippen LogP contribution in [0.25, 0.3) is 5.65 Å². The van der Waals surface area contributed by atoms with Gasteiger partial charge in [-0.05, 0) is 42.7 Å². The van der Waals surface area contributed by atoms with Gasteiger partial charge in [0.2, 0.25) is 0 Å². The number of anilines is 1. The Morgan fingerprint density at radius 1 is 1.14 bits per heavy atom. The van der Waals surface area contributed by atoms with Crippen molar-refractivity contribution < 1.29 is 0 Å². The van der Waals surface area contributed by atoms with E-state index in [9.17, 15) is 0 Å². The number of benzene rings is 1. The molecule has 4 rings (SSSR count). The molecule has 22 heavy (non-hydrogen) atoms. The van der Waals surface area contributed by atoms with Crippen molar-refractivity contribution in [2.75, 3.05) is 5.32 Å². The molecule has 1 saturated carbocycles. The second-order valence-corrected chi connectivity index (χ2v) is 6.36. The number of imidazole rings is 1. The Balaban J connectivity index is 1.55. The highest BCUT2D eigenvalue weighted by atomic mass is 35.5. The lowest BCUT2D eigenvalue weighted by Crippen LogP contribution is -2.05.